The predicted molar refractivity (Wildman–Crippen MR) is 95.3 cm³/mol. The Morgan fingerprint density at radius 1 is 1.00 bits per heavy atom. The van der Waals surface area contributed by atoms with Crippen LogP contribution in [0.4, 0.5) is 0 Å². The number of carboxylic acid groups (broad SMARTS) is 1. The molecule has 0 saturated carbocycles. The highest BCUT2D eigenvalue weighted by atomic mass is 16.5. The van der Waals surface area contributed by atoms with Crippen LogP contribution in [0.15, 0.2) is 48.5 Å². The van der Waals surface area contributed by atoms with Crippen LogP contribution in [0.25, 0.3) is 11.1 Å². The minimum Gasteiger partial charge on any atom is -0.481 e. The first-order valence-corrected chi connectivity index (χ1v) is 8.47. The molecule has 0 bridgehead atoms. The van der Waals surface area contributed by atoms with E-state index in [9.17, 15) is 9.59 Å². The molecule has 0 aromatic heterocycles. The quantitative estimate of drug-likeness (QED) is 0.801. The van der Waals surface area contributed by atoms with Crippen molar-refractivity contribution in [3.63, 3.8) is 0 Å². The molecule has 25 heavy (non-hydrogen) atoms. The molecule has 1 aliphatic rings. The molecule has 0 atom stereocenters. The first-order chi connectivity index (χ1) is 11.9. The van der Waals surface area contributed by atoms with Crippen molar-refractivity contribution in [2.45, 2.75) is 32.6 Å². The maximum Gasteiger partial charge on any atom is 0.309 e. The van der Waals surface area contributed by atoms with Crippen LogP contribution in [0.1, 0.15) is 43.7 Å². The minimum atomic E-state index is -0.925. The Hall–Kier alpha value is -2.62. The van der Waals surface area contributed by atoms with Crippen LogP contribution in [-0.4, -0.2) is 23.7 Å². The normalized spacial score (nSPS) is 13.2. The second-order valence-electron chi connectivity index (χ2n) is 7.10. The minimum absolute atomic E-state index is 0.0313. The van der Waals surface area contributed by atoms with Gasteiger partial charge in [0.1, 0.15) is 6.61 Å². The second kappa shape index (κ2) is 6.71. The van der Waals surface area contributed by atoms with Crippen LogP contribution >= 0.6 is 0 Å². The van der Waals surface area contributed by atoms with Crippen LogP contribution in [0.5, 0.6) is 0 Å². The molecule has 0 amide bonds. The molecular weight excluding hydrogens is 316 g/mol. The number of rotatable bonds is 6. The van der Waals surface area contributed by atoms with Crippen LogP contribution in [0.3, 0.4) is 0 Å². The SMILES string of the molecule is CC(C)(CCC(=O)OCC1c2ccccc2-c2ccccc21)C(=O)O. The Bertz CT molecular complexity index is 762. The second-order valence-corrected chi connectivity index (χ2v) is 7.10. The largest absolute Gasteiger partial charge is 0.481 e. The van der Waals surface area contributed by atoms with Gasteiger partial charge in [-0.2, -0.15) is 0 Å². The smallest absolute Gasteiger partial charge is 0.309 e. The third-order valence-electron chi connectivity index (χ3n) is 4.91. The van der Waals surface area contributed by atoms with Gasteiger partial charge in [0.05, 0.1) is 5.41 Å². The summed E-state index contributed by atoms with van der Waals surface area (Å²) in [6.45, 7) is 3.51. The molecule has 4 heteroatoms. The third-order valence-corrected chi connectivity index (χ3v) is 4.91. The monoisotopic (exact) mass is 338 g/mol. The molecular formula is C21H22O4. The van der Waals surface area contributed by atoms with Gasteiger partial charge in [-0.25, -0.2) is 0 Å². The van der Waals surface area contributed by atoms with Crippen LogP contribution in [0, 0.1) is 5.41 Å². The Kier molecular flexibility index (Phi) is 4.62. The number of aliphatic carboxylic acids is 1. The van der Waals surface area contributed by atoms with E-state index in [1.54, 1.807) is 13.8 Å². The van der Waals surface area contributed by atoms with Gasteiger partial charge < -0.3 is 9.84 Å². The van der Waals surface area contributed by atoms with Crippen molar-refractivity contribution >= 4 is 11.9 Å². The topological polar surface area (TPSA) is 63.6 Å². The van der Waals surface area contributed by atoms with E-state index in [0.717, 1.165) is 0 Å². The zero-order chi connectivity index (χ0) is 18.0. The fourth-order valence-corrected chi connectivity index (χ4v) is 3.21. The molecule has 4 nitrogen and oxygen atoms in total. The molecule has 1 N–H and O–H groups in total. The first kappa shape index (κ1) is 17.2. The number of fused-ring (bicyclic) bond motifs is 3. The number of esters is 1. The molecule has 0 aliphatic heterocycles. The Morgan fingerprint density at radius 2 is 1.52 bits per heavy atom. The summed E-state index contributed by atoms with van der Waals surface area (Å²) >= 11 is 0. The molecule has 3 rings (SSSR count). The van der Waals surface area contributed by atoms with Crippen molar-refractivity contribution in [3.8, 4) is 11.1 Å². The standard InChI is InChI=1S/C21H22O4/c1-21(2,20(23)24)12-11-19(22)25-13-18-16-9-5-3-7-14(16)15-8-4-6-10-17(15)18/h3-10,18H,11-13H2,1-2H3,(H,23,24). The summed E-state index contributed by atoms with van der Waals surface area (Å²) in [7, 11) is 0. The average Bonchev–Trinajstić information content (AvgIpc) is 2.92. The molecule has 0 unspecified atom stereocenters. The van der Waals surface area contributed by atoms with E-state index in [1.807, 2.05) is 24.3 Å². The van der Waals surface area contributed by atoms with E-state index in [1.165, 1.54) is 22.3 Å². The highest BCUT2D eigenvalue weighted by Gasteiger charge is 2.30. The van der Waals surface area contributed by atoms with Crippen molar-refractivity contribution in [2.24, 2.45) is 5.41 Å². The van der Waals surface area contributed by atoms with E-state index in [0.29, 0.717) is 0 Å². The summed E-state index contributed by atoms with van der Waals surface area (Å²) in [4.78, 5) is 23.2. The van der Waals surface area contributed by atoms with Gasteiger partial charge in [0.2, 0.25) is 0 Å². The van der Waals surface area contributed by atoms with Crippen LogP contribution < -0.4 is 0 Å². The lowest BCUT2D eigenvalue weighted by molar-refractivity contribution is -0.149. The summed E-state index contributed by atoms with van der Waals surface area (Å²) < 4.78 is 5.48. The summed E-state index contributed by atoms with van der Waals surface area (Å²) in [5.74, 6) is -1.22. The Morgan fingerprint density at radius 3 is 2.04 bits per heavy atom. The highest BCUT2D eigenvalue weighted by molar-refractivity contribution is 5.79. The predicted octanol–water partition coefficient (Wildman–Crippen LogP) is 4.23. The number of hydrogen-bond donors (Lipinski definition) is 1. The fourth-order valence-electron chi connectivity index (χ4n) is 3.21. The number of carbonyl (C=O) groups is 2. The van der Waals surface area contributed by atoms with Gasteiger partial charge in [-0.15, -0.1) is 0 Å². The Balaban J connectivity index is 1.68. The van der Waals surface area contributed by atoms with Gasteiger partial charge in [0, 0.05) is 12.3 Å². The first-order valence-electron chi connectivity index (χ1n) is 8.47. The van der Waals surface area contributed by atoms with Gasteiger partial charge in [-0.1, -0.05) is 48.5 Å². The van der Waals surface area contributed by atoms with Crippen LogP contribution in [-0.2, 0) is 14.3 Å². The van der Waals surface area contributed by atoms with Gasteiger partial charge in [0.25, 0.3) is 0 Å². The summed E-state index contributed by atoms with van der Waals surface area (Å²) in [6.07, 6.45) is 0.369. The zero-order valence-electron chi connectivity index (χ0n) is 14.5. The molecule has 0 radical (unpaired) electrons. The number of carboxylic acids is 1. The number of hydrogen-bond acceptors (Lipinski definition) is 3. The molecule has 0 fully saturated rings. The molecule has 0 heterocycles. The maximum absolute atomic E-state index is 12.1. The van der Waals surface area contributed by atoms with E-state index >= 15 is 0 Å². The van der Waals surface area contributed by atoms with Crippen molar-refractivity contribution in [2.75, 3.05) is 6.61 Å². The van der Waals surface area contributed by atoms with Gasteiger partial charge in [-0.05, 0) is 42.5 Å². The van der Waals surface area contributed by atoms with Gasteiger partial charge >= 0.3 is 11.9 Å². The molecule has 0 saturated heterocycles. The van der Waals surface area contributed by atoms with Crippen molar-refractivity contribution < 1.29 is 19.4 Å². The molecule has 1 aliphatic carbocycles. The molecule has 2 aromatic rings. The van der Waals surface area contributed by atoms with Crippen LogP contribution in [0.2, 0.25) is 0 Å². The van der Waals surface area contributed by atoms with E-state index in [-0.39, 0.29) is 31.3 Å². The lowest BCUT2D eigenvalue weighted by Gasteiger charge is -2.19. The van der Waals surface area contributed by atoms with E-state index < -0.39 is 11.4 Å². The number of carbonyl (C=O) groups excluding carboxylic acids is 1. The third kappa shape index (κ3) is 3.43. The highest BCUT2D eigenvalue weighted by Crippen LogP contribution is 2.44. The molecule has 2 aromatic carbocycles. The summed E-state index contributed by atoms with van der Waals surface area (Å²) in [6, 6.07) is 16.3. The molecule has 0 spiro atoms. The zero-order valence-corrected chi connectivity index (χ0v) is 14.5. The van der Waals surface area contributed by atoms with E-state index in [2.05, 4.69) is 24.3 Å². The maximum atomic E-state index is 12.1. The lowest BCUT2D eigenvalue weighted by Crippen LogP contribution is -2.25. The van der Waals surface area contributed by atoms with Gasteiger partial charge in [0.15, 0.2) is 0 Å². The van der Waals surface area contributed by atoms with Crippen molar-refractivity contribution in [1.29, 1.82) is 0 Å². The Labute approximate surface area is 147 Å². The summed E-state index contributed by atoms with van der Waals surface area (Å²) in [5, 5.41) is 9.12. The van der Waals surface area contributed by atoms with Gasteiger partial charge in [-0.3, -0.25) is 9.59 Å². The van der Waals surface area contributed by atoms with Crippen molar-refractivity contribution in [3.05, 3.63) is 59.7 Å². The van der Waals surface area contributed by atoms with Crippen molar-refractivity contribution in [1.82, 2.24) is 0 Å². The number of benzene rings is 2. The average molecular weight is 338 g/mol. The summed E-state index contributed by atoms with van der Waals surface area (Å²) in [5.41, 5.74) is 3.79. The fraction of sp³-hybridized carbons (Fsp3) is 0.333. The number of ether oxygens (including phenoxy) is 1. The van der Waals surface area contributed by atoms with E-state index in [4.69, 9.17) is 9.84 Å². The lowest BCUT2D eigenvalue weighted by atomic mass is 9.88. The molecule has 130 valence electrons.